The number of H-pyrrole nitrogens is 1. The summed E-state index contributed by atoms with van der Waals surface area (Å²) in [6, 6.07) is 12.1. The van der Waals surface area contributed by atoms with Crippen molar-refractivity contribution in [1.29, 1.82) is 0 Å². The number of fused-ring (bicyclic) bond motifs is 1. The van der Waals surface area contributed by atoms with Gasteiger partial charge >= 0.3 is 0 Å². The molecule has 2 aromatic carbocycles. The summed E-state index contributed by atoms with van der Waals surface area (Å²) in [4.78, 5) is 0.0827. The zero-order valence-electron chi connectivity index (χ0n) is 16.0. The molecule has 0 amide bonds. The van der Waals surface area contributed by atoms with E-state index in [9.17, 15) is 8.42 Å². The molecule has 2 heterocycles. The number of aromatic amines is 1. The van der Waals surface area contributed by atoms with Crippen molar-refractivity contribution in [3.05, 3.63) is 58.7 Å². The van der Waals surface area contributed by atoms with Gasteiger partial charge in [-0.15, -0.1) is 0 Å². The van der Waals surface area contributed by atoms with Crippen molar-refractivity contribution in [1.82, 2.24) is 14.5 Å². The van der Waals surface area contributed by atoms with E-state index in [-0.39, 0.29) is 17.2 Å². The average molecular weight is 434 g/mol. The molecule has 1 aromatic heterocycles. The SMILES string of the molecule is COc1ccc(OC)c(S(=O)(=O)N2CCc3[nH]nc(-c4ccc(Cl)cc4)c3C2)c1. The van der Waals surface area contributed by atoms with Crippen LogP contribution in [0.25, 0.3) is 11.3 Å². The number of rotatable bonds is 5. The molecule has 0 spiro atoms. The highest BCUT2D eigenvalue weighted by Crippen LogP contribution is 2.35. The van der Waals surface area contributed by atoms with Crippen LogP contribution in [0.4, 0.5) is 0 Å². The minimum absolute atomic E-state index is 0.0827. The van der Waals surface area contributed by atoms with Crippen LogP contribution in [0.5, 0.6) is 11.5 Å². The minimum atomic E-state index is -3.80. The Morgan fingerprint density at radius 2 is 1.86 bits per heavy atom. The molecule has 29 heavy (non-hydrogen) atoms. The molecule has 0 atom stereocenters. The van der Waals surface area contributed by atoms with Crippen molar-refractivity contribution in [2.75, 3.05) is 20.8 Å². The fraction of sp³-hybridized carbons (Fsp3) is 0.250. The van der Waals surface area contributed by atoms with E-state index < -0.39 is 10.0 Å². The normalized spacial score (nSPS) is 14.4. The molecular formula is C20H20ClN3O4S. The lowest BCUT2D eigenvalue weighted by molar-refractivity contribution is 0.373. The molecule has 0 fully saturated rings. The molecule has 1 N–H and O–H groups in total. The zero-order chi connectivity index (χ0) is 20.6. The summed E-state index contributed by atoms with van der Waals surface area (Å²) in [6.45, 7) is 0.560. The molecule has 0 radical (unpaired) electrons. The first-order valence-corrected chi connectivity index (χ1v) is 10.8. The summed E-state index contributed by atoms with van der Waals surface area (Å²) < 4.78 is 38.7. The van der Waals surface area contributed by atoms with Crippen molar-refractivity contribution in [3.8, 4) is 22.8 Å². The molecular weight excluding hydrogens is 414 g/mol. The molecule has 3 aromatic rings. The van der Waals surface area contributed by atoms with Crippen molar-refractivity contribution < 1.29 is 17.9 Å². The van der Waals surface area contributed by atoms with Crippen molar-refractivity contribution in [3.63, 3.8) is 0 Å². The van der Waals surface area contributed by atoms with Crippen molar-refractivity contribution in [2.45, 2.75) is 17.9 Å². The van der Waals surface area contributed by atoms with Gasteiger partial charge in [0.25, 0.3) is 0 Å². The molecule has 152 valence electrons. The van der Waals surface area contributed by atoms with Crippen LogP contribution in [0.2, 0.25) is 5.02 Å². The van der Waals surface area contributed by atoms with Crippen LogP contribution in [-0.4, -0.2) is 43.7 Å². The Morgan fingerprint density at radius 3 is 2.55 bits per heavy atom. The van der Waals surface area contributed by atoms with Crippen LogP contribution in [0, 0.1) is 0 Å². The number of aromatic nitrogens is 2. The predicted molar refractivity (Wildman–Crippen MR) is 110 cm³/mol. The molecule has 1 aliphatic rings. The van der Waals surface area contributed by atoms with Crippen molar-refractivity contribution in [2.24, 2.45) is 0 Å². The summed E-state index contributed by atoms with van der Waals surface area (Å²) in [7, 11) is -0.855. The summed E-state index contributed by atoms with van der Waals surface area (Å²) in [5.41, 5.74) is 3.42. The van der Waals surface area contributed by atoms with Gasteiger partial charge in [0.15, 0.2) is 0 Å². The highest BCUT2D eigenvalue weighted by molar-refractivity contribution is 7.89. The van der Waals surface area contributed by atoms with Crippen LogP contribution >= 0.6 is 11.6 Å². The number of sulfonamides is 1. The van der Waals surface area contributed by atoms with E-state index in [4.69, 9.17) is 21.1 Å². The van der Waals surface area contributed by atoms with Gasteiger partial charge < -0.3 is 9.47 Å². The van der Waals surface area contributed by atoms with Crippen LogP contribution in [0.15, 0.2) is 47.4 Å². The van der Waals surface area contributed by atoms with Crippen LogP contribution in [0.1, 0.15) is 11.3 Å². The van der Waals surface area contributed by atoms with Gasteiger partial charge in [-0.1, -0.05) is 23.7 Å². The molecule has 0 bridgehead atoms. The number of methoxy groups -OCH3 is 2. The highest BCUT2D eigenvalue weighted by atomic mass is 35.5. The summed E-state index contributed by atoms with van der Waals surface area (Å²) in [5, 5.41) is 8.09. The van der Waals surface area contributed by atoms with Gasteiger partial charge in [0, 0.05) is 47.4 Å². The molecule has 1 aliphatic heterocycles. The number of nitrogens with zero attached hydrogens (tertiary/aromatic N) is 2. The first-order valence-electron chi connectivity index (χ1n) is 8.98. The lowest BCUT2D eigenvalue weighted by atomic mass is 10.0. The smallest absolute Gasteiger partial charge is 0.247 e. The van der Waals surface area contributed by atoms with Crippen LogP contribution < -0.4 is 9.47 Å². The quantitative estimate of drug-likeness (QED) is 0.665. The number of ether oxygens (including phenoxy) is 2. The van der Waals surface area contributed by atoms with E-state index in [1.165, 1.54) is 24.6 Å². The van der Waals surface area contributed by atoms with Gasteiger partial charge in [-0.3, -0.25) is 5.10 Å². The summed E-state index contributed by atoms with van der Waals surface area (Å²) in [6.07, 6.45) is 0.543. The summed E-state index contributed by atoms with van der Waals surface area (Å²) >= 11 is 5.98. The number of hydrogen-bond donors (Lipinski definition) is 1. The Kier molecular flexibility index (Phi) is 5.24. The van der Waals surface area contributed by atoms with Gasteiger partial charge in [0.05, 0.1) is 19.9 Å². The third-order valence-electron chi connectivity index (χ3n) is 5.00. The maximum absolute atomic E-state index is 13.4. The first kappa shape index (κ1) is 19.8. The second-order valence-corrected chi connectivity index (χ2v) is 8.98. The minimum Gasteiger partial charge on any atom is -0.497 e. The largest absolute Gasteiger partial charge is 0.497 e. The Bertz CT molecular complexity index is 1140. The lowest BCUT2D eigenvalue weighted by Crippen LogP contribution is -2.36. The van der Waals surface area contributed by atoms with E-state index in [1.54, 1.807) is 24.3 Å². The molecule has 9 heteroatoms. The molecule has 0 unspecified atom stereocenters. The fourth-order valence-electron chi connectivity index (χ4n) is 3.45. The fourth-order valence-corrected chi connectivity index (χ4v) is 5.15. The number of halogens is 1. The van der Waals surface area contributed by atoms with Gasteiger partial charge in [0.2, 0.25) is 10.0 Å². The van der Waals surface area contributed by atoms with Crippen LogP contribution in [0.3, 0.4) is 0 Å². The summed E-state index contributed by atoms with van der Waals surface area (Å²) in [5.74, 6) is 0.731. The van der Waals surface area contributed by atoms with E-state index in [0.29, 0.717) is 23.7 Å². The third-order valence-corrected chi connectivity index (χ3v) is 7.12. The lowest BCUT2D eigenvalue weighted by Gasteiger charge is -2.27. The third kappa shape index (κ3) is 3.59. The van der Waals surface area contributed by atoms with Gasteiger partial charge in [-0.25, -0.2) is 8.42 Å². The van der Waals surface area contributed by atoms with E-state index in [2.05, 4.69) is 10.2 Å². The average Bonchev–Trinajstić information content (AvgIpc) is 3.17. The van der Waals surface area contributed by atoms with Gasteiger partial charge in [0.1, 0.15) is 16.4 Å². The topological polar surface area (TPSA) is 84.5 Å². The molecule has 0 saturated carbocycles. The predicted octanol–water partition coefficient (Wildman–Crippen LogP) is 3.49. The molecule has 0 saturated heterocycles. The highest BCUT2D eigenvalue weighted by Gasteiger charge is 2.33. The molecule has 0 aliphatic carbocycles. The maximum atomic E-state index is 13.4. The maximum Gasteiger partial charge on any atom is 0.247 e. The van der Waals surface area contributed by atoms with Gasteiger partial charge in [-0.2, -0.15) is 9.40 Å². The van der Waals surface area contributed by atoms with Crippen LogP contribution in [-0.2, 0) is 23.0 Å². The second-order valence-electron chi connectivity index (χ2n) is 6.64. The van der Waals surface area contributed by atoms with Gasteiger partial charge in [-0.05, 0) is 24.3 Å². The number of hydrogen-bond acceptors (Lipinski definition) is 5. The first-order chi connectivity index (χ1) is 13.9. The Morgan fingerprint density at radius 1 is 1.10 bits per heavy atom. The number of benzene rings is 2. The van der Waals surface area contributed by atoms with E-state index >= 15 is 0 Å². The molecule has 4 rings (SSSR count). The van der Waals surface area contributed by atoms with Crippen molar-refractivity contribution >= 4 is 21.6 Å². The Labute approximate surface area is 174 Å². The standard InChI is InChI=1S/C20H20ClN3O4S/c1-27-15-7-8-18(28-2)19(11-15)29(25,26)24-10-9-17-16(12-24)20(23-22-17)13-3-5-14(21)6-4-13/h3-8,11H,9-10,12H2,1-2H3,(H,22,23). The van der Waals surface area contributed by atoms with E-state index in [1.807, 2.05) is 12.1 Å². The second kappa shape index (κ2) is 7.70. The molecule has 7 nitrogen and oxygen atoms in total. The Hall–Kier alpha value is -2.55. The van der Waals surface area contributed by atoms with E-state index in [0.717, 1.165) is 22.5 Å². The Balaban J connectivity index is 1.71. The zero-order valence-corrected chi connectivity index (χ0v) is 17.5. The monoisotopic (exact) mass is 433 g/mol. The number of nitrogens with one attached hydrogen (secondary N) is 1.